The summed E-state index contributed by atoms with van der Waals surface area (Å²) in [6, 6.07) is 117. The molecule has 0 spiro atoms. The fraction of sp³-hybridized carbons (Fsp3) is 0. The summed E-state index contributed by atoms with van der Waals surface area (Å²) in [6.45, 7) is 0. The van der Waals surface area contributed by atoms with E-state index in [1.165, 1.54) is 0 Å². The second kappa shape index (κ2) is 24.3. The molecule has 0 saturated carbocycles. The lowest BCUT2D eigenvalue weighted by Crippen LogP contribution is -1.98. The van der Waals surface area contributed by atoms with Crippen LogP contribution >= 0.6 is 0 Å². The van der Waals surface area contributed by atoms with E-state index in [9.17, 15) is 0 Å². The maximum atomic E-state index is 6.69. The second-order valence-electron chi connectivity index (χ2n) is 25.0. The van der Waals surface area contributed by atoms with Gasteiger partial charge in [0.05, 0.1) is 22.8 Å². The van der Waals surface area contributed by atoms with Crippen molar-refractivity contribution in [2.45, 2.75) is 0 Å². The predicted octanol–water partition coefficient (Wildman–Crippen LogP) is 25.2. The Morgan fingerprint density at radius 1 is 0.170 bits per heavy atom. The van der Waals surface area contributed by atoms with Crippen LogP contribution in [0.4, 0.5) is 0 Å². The molecule has 6 aromatic heterocycles. The van der Waals surface area contributed by atoms with Crippen LogP contribution in [0.5, 0.6) is 0 Å². The summed E-state index contributed by atoms with van der Waals surface area (Å²) in [6.07, 6.45) is 0. The van der Waals surface area contributed by atoms with Gasteiger partial charge in [0.15, 0.2) is 11.6 Å². The number of benzene rings is 14. The molecule has 0 aliphatic heterocycles. The number of aromatic nitrogens is 4. The molecule has 0 unspecified atom stereocenters. The molecule has 0 saturated heterocycles. The van der Waals surface area contributed by atoms with Gasteiger partial charge in [-0.05, 0) is 88.5 Å². The Morgan fingerprint density at radius 2 is 0.500 bits per heavy atom. The quantitative estimate of drug-likeness (QED) is 0.133. The van der Waals surface area contributed by atoms with Crippen LogP contribution in [0.1, 0.15) is 0 Å². The number of hydrogen-bond acceptors (Lipinski definition) is 8. The van der Waals surface area contributed by atoms with Crippen LogP contribution in [0.3, 0.4) is 0 Å². The van der Waals surface area contributed by atoms with Gasteiger partial charge in [-0.1, -0.05) is 279 Å². The molecule has 0 atom stereocenters. The minimum absolute atomic E-state index is 0.666. The van der Waals surface area contributed by atoms with Crippen molar-refractivity contribution >= 4 is 87.8 Å². The predicted molar refractivity (Wildman–Crippen MR) is 408 cm³/mol. The number of nitrogens with zero attached hydrogens (tertiary/aromatic N) is 4. The fourth-order valence-corrected chi connectivity index (χ4v) is 14.4. The lowest BCUT2D eigenvalue weighted by molar-refractivity contribution is 0.668. The van der Waals surface area contributed by atoms with E-state index in [4.69, 9.17) is 37.6 Å². The zero-order chi connectivity index (χ0) is 66.0. The molecule has 100 heavy (non-hydrogen) atoms. The maximum Gasteiger partial charge on any atom is 0.160 e. The van der Waals surface area contributed by atoms with Gasteiger partial charge in [-0.25, -0.2) is 19.9 Å². The van der Waals surface area contributed by atoms with Gasteiger partial charge < -0.3 is 17.7 Å². The van der Waals surface area contributed by atoms with Crippen LogP contribution in [0, 0.1) is 0 Å². The summed E-state index contributed by atoms with van der Waals surface area (Å²) in [5, 5.41) is 8.69. The first kappa shape index (κ1) is 57.9. The third-order valence-electron chi connectivity index (χ3n) is 19.1. The molecule has 8 nitrogen and oxygen atoms in total. The Morgan fingerprint density at radius 3 is 1.00 bits per heavy atom. The minimum atomic E-state index is 0.666. The number of fused-ring (bicyclic) bond motifs is 12. The molecule has 8 heteroatoms. The number of hydrogen-bond donors (Lipinski definition) is 0. The highest BCUT2D eigenvalue weighted by Crippen LogP contribution is 2.49. The third kappa shape index (κ3) is 10.2. The highest BCUT2D eigenvalue weighted by atomic mass is 16.3. The Labute approximate surface area is 574 Å². The topological polar surface area (TPSA) is 104 Å². The van der Waals surface area contributed by atoms with Gasteiger partial charge in [0.1, 0.15) is 44.7 Å². The Hall–Kier alpha value is -13.6. The van der Waals surface area contributed by atoms with Crippen LogP contribution in [-0.4, -0.2) is 19.9 Å². The number of rotatable bonds is 10. The monoisotopic (exact) mass is 1280 g/mol. The molecule has 14 aromatic carbocycles. The molecule has 0 amide bonds. The van der Waals surface area contributed by atoms with Crippen molar-refractivity contribution in [2.75, 3.05) is 0 Å². The van der Waals surface area contributed by atoms with Crippen molar-refractivity contribution in [2.24, 2.45) is 0 Å². The summed E-state index contributed by atoms with van der Waals surface area (Å²) in [5.74, 6) is 1.35. The van der Waals surface area contributed by atoms with E-state index < -0.39 is 0 Å². The van der Waals surface area contributed by atoms with Gasteiger partial charge in [0, 0.05) is 93.2 Å². The average molecular weight is 1280 g/mol. The summed E-state index contributed by atoms with van der Waals surface area (Å²) in [4.78, 5) is 20.7. The molecule has 468 valence electrons. The first-order valence-corrected chi connectivity index (χ1v) is 33.5. The molecule has 0 radical (unpaired) electrons. The Kier molecular flexibility index (Phi) is 14.0. The van der Waals surface area contributed by atoms with E-state index in [0.717, 1.165) is 188 Å². The van der Waals surface area contributed by atoms with Gasteiger partial charge in [0.25, 0.3) is 0 Å². The van der Waals surface area contributed by atoms with Gasteiger partial charge >= 0.3 is 0 Å². The van der Waals surface area contributed by atoms with Crippen LogP contribution < -0.4 is 0 Å². The maximum absolute atomic E-state index is 6.69. The molecule has 0 N–H and O–H groups in total. The zero-order valence-corrected chi connectivity index (χ0v) is 53.8. The molecular weight excluding hydrogens is 1230 g/mol. The Balaban J connectivity index is 0.000000139. The van der Waals surface area contributed by atoms with Crippen molar-refractivity contribution in [3.8, 4) is 112 Å². The van der Waals surface area contributed by atoms with Gasteiger partial charge in [-0.15, -0.1) is 0 Å². The second-order valence-corrected chi connectivity index (χ2v) is 25.0. The normalized spacial score (nSPS) is 11.6. The smallest absolute Gasteiger partial charge is 0.160 e. The fourth-order valence-electron chi connectivity index (χ4n) is 14.4. The van der Waals surface area contributed by atoms with Crippen molar-refractivity contribution in [1.29, 1.82) is 0 Å². The first-order valence-electron chi connectivity index (χ1n) is 33.5. The summed E-state index contributed by atoms with van der Waals surface area (Å²) >= 11 is 0. The standard InChI is InChI=1S/2C46H28N2O2/c1-3-14-29(15-4-1)39-28-40(48-46(47-39)30-16-5-2-6-17-30)37-24-11-20-33(36-23-12-21-34-31-18-7-9-26-41(31)49-44(34)36)43(37)38-25-13-22-35-32-19-8-10-27-42(32)50-45(35)38;1-3-12-29(13-4-1)39-28-40(48-46(47-39)30-14-5-2-6-15-30)36-19-11-18-33(31-22-24-43-37(26-31)34-16-7-9-20-41(34)49-43)45(36)32-23-25-44-38(27-32)35-17-8-10-21-42(35)50-44/h2*1-28H. The molecule has 0 aliphatic rings. The largest absolute Gasteiger partial charge is 0.456 e. The minimum Gasteiger partial charge on any atom is -0.456 e. The third-order valence-corrected chi connectivity index (χ3v) is 19.1. The van der Waals surface area contributed by atoms with Crippen molar-refractivity contribution in [1.82, 2.24) is 19.9 Å². The van der Waals surface area contributed by atoms with E-state index in [2.05, 4.69) is 218 Å². The van der Waals surface area contributed by atoms with Gasteiger partial charge in [0.2, 0.25) is 0 Å². The summed E-state index contributed by atoms with van der Waals surface area (Å²) in [5.41, 5.74) is 24.6. The van der Waals surface area contributed by atoms with Crippen LogP contribution in [0.15, 0.2) is 357 Å². The Bertz CT molecular complexity index is 6420. The lowest BCUT2D eigenvalue weighted by Gasteiger charge is -2.17. The van der Waals surface area contributed by atoms with Gasteiger partial charge in [-0.2, -0.15) is 0 Å². The van der Waals surface area contributed by atoms with E-state index in [0.29, 0.717) is 11.6 Å². The molecule has 20 aromatic rings. The van der Waals surface area contributed by atoms with Crippen molar-refractivity contribution in [3.05, 3.63) is 340 Å². The number of para-hydroxylation sites is 6. The van der Waals surface area contributed by atoms with Crippen molar-refractivity contribution in [3.63, 3.8) is 0 Å². The molecule has 20 rings (SSSR count). The highest BCUT2D eigenvalue weighted by Gasteiger charge is 2.25. The highest BCUT2D eigenvalue weighted by molar-refractivity contribution is 6.16. The van der Waals surface area contributed by atoms with Crippen LogP contribution in [0.25, 0.3) is 200 Å². The number of furan rings is 4. The van der Waals surface area contributed by atoms with Crippen molar-refractivity contribution < 1.29 is 17.7 Å². The van der Waals surface area contributed by atoms with Gasteiger partial charge in [-0.3, -0.25) is 0 Å². The molecule has 0 bridgehead atoms. The first-order chi connectivity index (χ1) is 49.6. The van der Waals surface area contributed by atoms with Crippen LogP contribution in [0.2, 0.25) is 0 Å². The molecular formula is C92H56N4O4. The molecule has 6 heterocycles. The molecule has 0 aliphatic carbocycles. The van der Waals surface area contributed by atoms with E-state index >= 15 is 0 Å². The van der Waals surface area contributed by atoms with Crippen LogP contribution in [-0.2, 0) is 0 Å². The average Bonchev–Trinajstić information content (AvgIpc) is 1.43. The van der Waals surface area contributed by atoms with E-state index in [1.807, 2.05) is 121 Å². The van der Waals surface area contributed by atoms with E-state index in [-0.39, 0.29) is 0 Å². The molecule has 0 fully saturated rings. The van der Waals surface area contributed by atoms with E-state index in [1.54, 1.807) is 0 Å². The summed E-state index contributed by atoms with van der Waals surface area (Å²) in [7, 11) is 0. The summed E-state index contributed by atoms with van der Waals surface area (Å²) < 4.78 is 25.8. The lowest BCUT2D eigenvalue weighted by atomic mass is 9.87. The zero-order valence-electron chi connectivity index (χ0n) is 53.8. The SMILES string of the molecule is c1ccc(-c2cc(-c3cccc(-c4ccc5oc6ccccc6c5c4)c3-c3ccc4oc5ccccc5c4c3)nc(-c3ccccc3)n2)cc1.c1ccc(-c2cc(-c3cccc(-c4cccc5c4oc4ccccc45)c3-c3cccc4c3oc3ccccc34)nc(-c3ccccc3)n2)cc1.